The van der Waals surface area contributed by atoms with Crippen LogP contribution in [0.3, 0.4) is 0 Å². The zero-order chi connectivity index (χ0) is 12.8. The summed E-state index contributed by atoms with van der Waals surface area (Å²) in [6, 6.07) is 7.94. The molecule has 2 nitrogen and oxygen atoms in total. The first-order valence-electron chi connectivity index (χ1n) is 6.47. The molecule has 3 rings (SSSR count). The van der Waals surface area contributed by atoms with Crippen LogP contribution in [0.25, 0.3) is 5.57 Å². The highest BCUT2D eigenvalue weighted by atomic mass is 35.5. The molecule has 3 heteroatoms. The molecule has 0 aliphatic carbocycles. The minimum Gasteiger partial charge on any atom is -0.389 e. The van der Waals surface area contributed by atoms with Crippen molar-refractivity contribution in [2.75, 3.05) is 19.6 Å². The number of piperidine rings is 1. The Kier molecular flexibility index (Phi) is 2.97. The molecule has 1 fully saturated rings. The van der Waals surface area contributed by atoms with Gasteiger partial charge in [0, 0.05) is 30.6 Å². The summed E-state index contributed by atoms with van der Waals surface area (Å²) in [5.74, 6) is 0.209. The van der Waals surface area contributed by atoms with Crippen LogP contribution in [-0.4, -0.2) is 35.2 Å². The van der Waals surface area contributed by atoms with Crippen molar-refractivity contribution in [3.63, 3.8) is 0 Å². The molecule has 2 aliphatic rings. The average molecular weight is 264 g/mol. The van der Waals surface area contributed by atoms with Gasteiger partial charge in [-0.3, -0.25) is 4.90 Å². The minimum absolute atomic E-state index is 0.209. The van der Waals surface area contributed by atoms with Crippen LogP contribution in [0.4, 0.5) is 0 Å². The number of halogens is 1. The van der Waals surface area contributed by atoms with Crippen molar-refractivity contribution in [1.82, 2.24) is 4.90 Å². The van der Waals surface area contributed by atoms with Crippen molar-refractivity contribution in [1.29, 1.82) is 0 Å². The summed E-state index contributed by atoms with van der Waals surface area (Å²) < 4.78 is 0. The highest BCUT2D eigenvalue weighted by Crippen LogP contribution is 2.40. The lowest BCUT2D eigenvalue weighted by atomic mass is 9.74. The topological polar surface area (TPSA) is 23.5 Å². The zero-order valence-corrected chi connectivity index (χ0v) is 11.3. The molecule has 2 heterocycles. The van der Waals surface area contributed by atoms with Crippen molar-refractivity contribution < 1.29 is 5.11 Å². The van der Waals surface area contributed by atoms with Crippen molar-refractivity contribution in [2.24, 2.45) is 5.92 Å². The lowest BCUT2D eigenvalue weighted by molar-refractivity contribution is -0.0366. The predicted molar refractivity (Wildman–Crippen MR) is 74.6 cm³/mol. The number of nitrogens with zero attached hydrogens (tertiary/aromatic N) is 1. The first-order chi connectivity index (χ1) is 8.56. The van der Waals surface area contributed by atoms with Crippen LogP contribution in [0, 0.1) is 5.92 Å². The number of hydrogen-bond donors (Lipinski definition) is 1. The van der Waals surface area contributed by atoms with Crippen molar-refractivity contribution >= 4 is 17.2 Å². The van der Waals surface area contributed by atoms with Crippen LogP contribution in [0.5, 0.6) is 0 Å². The minimum atomic E-state index is -0.595. The molecule has 1 aromatic rings. The molecule has 0 amide bonds. The molecular formula is C15H18ClNO. The molecule has 3 unspecified atom stereocenters. The lowest BCUT2D eigenvalue weighted by Gasteiger charge is -2.46. The summed E-state index contributed by atoms with van der Waals surface area (Å²) >= 11 is 5.93. The monoisotopic (exact) mass is 263 g/mol. The Balaban J connectivity index is 1.98. The van der Waals surface area contributed by atoms with Gasteiger partial charge in [-0.2, -0.15) is 0 Å². The highest BCUT2D eigenvalue weighted by molar-refractivity contribution is 6.30. The molecule has 1 saturated heterocycles. The summed E-state index contributed by atoms with van der Waals surface area (Å²) in [7, 11) is 0. The van der Waals surface area contributed by atoms with Gasteiger partial charge in [0.25, 0.3) is 0 Å². The van der Waals surface area contributed by atoms with E-state index in [-0.39, 0.29) is 5.92 Å². The third kappa shape index (κ3) is 2.09. The van der Waals surface area contributed by atoms with Crippen LogP contribution >= 0.6 is 11.6 Å². The fraction of sp³-hybridized carbons (Fsp3) is 0.467. The first kappa shape index (κ1) is 12.2. The molecule has 3 atom stereocenters. The van der Waals surface area contributed by atoms with Gasteiger partial charge >= 0.3 is 0 Å². The van der Waals surface area contributed by atoms with Crippen LogP contribution in [0.1, 0.15) is 18.9 Å². The second-order valence-electron chi connectivity index (χ2n) is 5.59. The fourth-order valence-corrected chi connectivity index (χ4v) is 3.16. The standard InChI is InChI=1S/C15H18ClNO/c1-15(18)7-9-17-8-6-13(14(15)10-17)11-2-4-12(16)5-3-11/h2-6,14,18H,7-10H2,1H3. The molecule has 2 bridgehead atoms. The Morgan fingerprint density at radius 1 is 1.33 bits per heavy atom. The van der Waals surface area contributed by atoms with Gasteiger partial charge in [-0.25, -0.2) is 0 Å². The Bertz CT molecular complexity index is 478. The van der Waals surface area contributed by atoms with Crippen LogP contribution < -0.4 is 0 Å². The molecule has 1 N–H and O–H groups in total. The zero-order valence-electron chi connectivity index (χ0n) is 10.6. The third-order valence-corrected chi connectivity index (χ3v) is 4.50. The number of aliphatic hydroxyl groups is 1. The van der Waals surface area contributed by atoms with Gasteiger partial charge in [0.2, 0.25) is 0 Å². The summed E-state index contributed by atoms with van der Waals surface area (Å²) in [4.78, 5) is 2.40. The maximum Gasteiger partial charge on any atom is 0.0712 e. The highest BCUT2D eigenvalue weighted by Gasteiger charge is 2.41. The maximum absolute atomic E-state index is 10.6. The number of benzene rings is 1. The van der Waals surface area contributed by atoms with Crippen LogP contribution in [0.15, 0.2) is 30.3 Å². The molecule has 0 aromatic heterocycles. The predicted octanol–water partition coefficient (Wildman–Crippen LogP) is 2.81. The first-order valence-corrected chi connectivity index (χ1v) is 6.85. The normalized spacial score (nSPS) is 35.2. The van der Waals surface area contributed by atoms with E-state index in [0.717, 1.165) is 31.1 Å². The second kappa shape index (κ2) is 4.37. The fourth-order valence-electron chi connectivity index (χ4n) is 3.04. The molecule has 18 heavy (non-hydrogen) atoms. The van der Waals surface area contributed by atoms with Crippen molar-refractivity contribution in [3.8, 4) is 0 Å². The molecule has 0 spiro atoms. The van der Waals surface area contributed by atoms with E-state index in [4.69, 9.17) is 11.6 Å². The number of hydrogen-bond acceptors (Lipinski definition) is 2. The van der Waals surface area contributed by atoms with Gasteiger partial charge in [0.1, 0.15) is 0 Å². The van der Waals surface area contributed by atoms with E-state index in [1.807, 2.05) is 19.1 Å². The quantitative estimate of drug-likeness (QED) is 0.842. The Hall–Kier alpha value is -0.830. The van der Waals surface area contributed by atoms with Gasteiger partial charge in [-0.15, -0.1) is 0 Å². The van der Waals surface area contributed by atoms with Crippen molar-refractivity contribution in [2.45, 2.75) is 18.9 Å². The van der Waals surface area contributed by atoms with Crippen LogP contribution in [-0.2, 0) is 0 Å². The summed E-state index contributed by atoms with van der Waals surface area (Å²) in [5.41, 5.74) is 1.86. The third-order valence-electron chi connectivity index (χ3n) is 4.25. The number of fused-ring (bicyclic) bond motifs is 2. The molecule has 0 saturated carbocycles. The van der Waals surface area contributed by atoms with E-state index in [2.05, 4.69) is 23.1 Å². The van der Waals surface area contributed by atoms with E-state index < -0.39 is 5.60 Å². The van der Waals surface area contributed by atoms with Gasteiger partial charge in [-0.1, -0.05) is 29.8 Å². The van der Waals surface area contributed by atoms with Gasteiger partial charge in [0.05, 0.1) is 5.60 Å². The smallest absolute Gasteiger partial charge is 0.0712 e. The molecular weight excluding hydrogens is 246 g/mol. The summed E-state index contributed by atoms with van der Waals surface area (Å²) in [6.45, 7) is 4.91. The van der Waals surface area contributed by atoms with E-state index in [0.29, 0.717) is 0 Å². The van der Waals surface area contributed by atoms with Crippen molar-refractivity contribution in [3.05, 3.63) is 40.9 Å². The van der Waals surface area contributed by atoms with Gasteiger partial charge in [0.15, 0.2) is 0 Å². The van der Waals surface area contributed by atoms with E-state index in [9.17, 15) is 5.11 Å². The molecule has 0 radical (unpaired) electrons. The van der Waals surface area contributed by atoms with E-state index in [1.54, 1.807) is 0 Å². The Labute approximate surface area is 113 Å². The van der Waals surface area contributed by atoms with E-state index >= 15 is 0 Å². The second-order valence-corrected chi connectivity index (χ2v) is 6.02. The molecule has 2 aliphatic heterocycles. The molecule has 1 aromatic carbocycles. The summed E-state index contributed by atoms with van der Waals surface area (Å²) in [6.07, 6.45) is 3.10. The Morgan fingerprint density at radius 2 is 2.06 bits per heavy atom. The van der Waals surface area contributed by atoms with Gasteiger partial charge < -0.3 is 5.11 Å². The SMILES string of the molecule is CC1(O)CCN2CC=C(c3ccc(Cl)cc3)C1C2. The molecule has 96 valence electrons. The summed E-state index contributed by atoms with van der Waals surface area (Å²) in [5, 5.41) is 11.3. The van der Waals surface area contributed by atoms with Crippen LogP contribution in [0.2, 0.25) is 5.02 Å². The largest absolute Gasteiger partial charge is 0.389 e. The number of rotatable bonds is 1. The maximum atomic E-state index is 10.6. The van der Waals surface area contributed by atoms with Gasteiger partial charge in [-0.05, 0) is 36.6 Å². The Morgan fingerprint density at radius 3 is 2.78 bits per heavy atom. The average Bonchev–Trinajstić information content (AvgIpc) is 2.36. The van der Waals surface area contributed by atoms with E-state index in [1.165, 1.54) is 11.1 Å². The lowest BCUT2D eigenvalue weighted by Crippen LogP contribution is -2.52.